The first-order chi connectivity index (χ1) is 3.80. The summed E-state index contributed by atoms with van der Waals surface area (Å²) in [5, 5.41) is 0.264. The van der Waals surface area contributed by atoms with Crippen LogP contribution in [0.2, 0.25) is 0 Å². The van der Waals surface area contributed by atoms with Gasteiger partial charge in [-0.25, -0.2) is 8.42 Å². The summed E-state index contributed by atoms with van der Waals surface area (Å²) in [6.07, 6.45) is 1.57. The van der Waals surface area contributed by atoms with Crippen molar-refractivity contribution in [3.63, 3.8) is 0 Å². The molecule has 1 N–H and O–H groups in total. The fraction of sp³-hybridized carbons (Fsp3) is 0. The summed E-state index contributed by atoms with van der Waals surface area (Å²) in [5.41, 5.74) is 0. The van der Waals surface area contributed by atoms with E-state index in [1.165, 1.54) is 6.07 Å². The Kier molecular flexibility index (Phi) is 1.34. The molecule has 1 aromatic rings. The molecule has 4 heteroatoms. The number of aromatic nitrogens is 1. The van der Waals surface area contributed by atoms with Crippen LogP contribution in [0.3, 0.4) is 0 Å². The van der Waals surface area contributed by atoms with E-state index in [9.17, 15) is 8.42 Å². The number of hydrogen-bond donors (Lipinski definition) is 2. The molecule has 0 aliphatic heterocycles. The normalized spacial score (nSPS) is 10.1. The second-order valence-corrected chi connectivity index (χ2v) is 2.31. The Morgan fingerprint density at radius 3 is 2.50 bits per heavy atom. The van der Waals surface area contributed by atoms with Crippen molar-refractivity contribution in [2.75, 3.05) is 0 Å². The van der Waals surface area contributed by atoms with Crippen molar-refractivity contribution in [1.82, 2.24) is 4.98 Å². The summed E-state index contributed by atoms with van der Waals surface area (Å²) in [6.45, 7) is 0. The fourth-order valence-corrected chi connectivity index (χ4v) is 0.822. The highest BCUT2D eigenvalue weighted by Crippen LogP contribution is 1.92. The Morgan fingerprint density at radius 1 is 1.50 bits per heavy atom. The minimum Gasteiger partial charge on any atom is -0.353 e. The van der Waals surface area contributed by atoms with E-state index in [1.54, 1.807) is 12.3 Å². The maximum Gasteiger partial charge on any atom is 0.183 e. The van der Waals surface area contributed by atoms with E-state index < -0.39 is 10.7 Å². The Bertz CT molecular complexity index is 216. The standard InChI is InChI=1S/C4H5NO2S/c6-8(7)4-2-1-3-5-4/h1-3,5,8H. The SMILES string of the molecule is O=[SH](=O)c1ccc[nH]1. The highest BCUT2D eigenvalue weighted by molar-refractivity contribution is 7.72. The molecule has 0 unspecified atom stereocenters. The molecule has 0 radical (unpaired) electrons. The lowest BCUT2D eigenvalue weighted by Gasteiger charge is -1.73. The van der Waals surface area contributed by atoms with E-state index >= 15 is 0 Å². The van der Waals surface area contributed by atoms with Crippen LogP contribution in [0.15, 0.2) is 23.4 Å². The number of rotatable bonds is 1. The van der Waals surface area contributed by atoms with Crippen LogP contribution < -0.4 is 0 Å². The Morgan fingerprint density at radius 2 is 2.25 bits per heavy atom. The van der Waals surface area contributed by atoms with E-state index in [4.69, 9.17) is 0 Å². The average Bonchev–Trinajstić information content (AvgIpc) is 2.12. The van der Waals surface area contributed by atoms with Crippen molar-refractivity contribution in [2.24, 2.45) is 0 Å². The van der Waals surface area contributed by atoms with Crippen LogP contribution in [0.5, 0.6) is 0 Å². The molecule has 1 aromatic heterocycles. The number of hydrogen-bond acceptors (Lipinski definition) is 2. The number of aromatic amines is 1. The van der Waals surface area contributed by atoms with E-state index in [2.05, 4.69) is 4.98 Å². The fourth-order valence-electron chi connectivity index (χ4n) is 0.434. The molecule has 0 aliphatic rings. The second kappa shape index (κ2) is 2.00. The average molecular weight is 131 g/mol. The number of H-pyrrole nitrogens is 1. The molecule has 0 bridgehead atoms. The maximum absolute atomic E-state index is 10.1. The first-order valence-corrected chi connectivity index (χ1v) is 3.26. The minimum absolute atomic E-state index is 0.264. The molecule has 0 aliphatic carbocycles. The van der Waals surface area contributed by atoms with Crippen molar-refractivity contribution < 1.29 is 8.42 Å². The van der Waals surface area contributed by atoms with Crippen molar-refractivity contribution in [1.29, 1.82) is 0 Å². The largest absolute Gasteiger partial charge is 0.353 e. The van der Waals surface area contributed by atoms with E-state index in [1.807, 2.05) is 0 Å². The van der Waals surface area contributed by atoms with Gasteiger partial charge in [0.25, 0.3) is 0 Å². The second-order valence-electron chi connectivity index (χ2n) is 1.31. The summed E-state index contributed by atoms with van der Waals surface area (Å²) in [5.74, 6) is 0. The zero-order valence-corrected chi connectivity index (χ0v) is 4.89. The van der Waals surface area contributed by atoms with Gasteiger partial charge in [-0.1, -0.05) is 0 Å². The predicted molar refractivity (Wildman–Crippen MR) is 29.4 cm³/mol. The molecular weight excluding hydrogens is 126 g/mol. The Labute approximate surface area is 48.3 Å². The Balaban J connectivity index is 3.11. The summed E-state index contributed by atoms with van der Waals surface area (Å²) in [6, 6.07) is 3.15. The van der Waals surface area contributed by atoms with Gasteiger partial charge in [-0.2, -0.15) is 0 Å². The van der Waals surface area contributed by atoms with Crippen molar-refractivity contribution in [2.45, 2.75) is 5.03 Å². The van der Waals surface area contributed by atoms with Gasteiger partial charge in [0.05, 0.1) is 0 Å². The molecule has 8 heavy (non-hydrogen) atoms. The number of nitrogens with one attached hydrogen (secondary N) is 1. The molecule has 0 saturated carbocycles. The third kappa shape index (κ3) is 0.894. The van der Waals surface area contributed by atoms with Crippen LogP contribution in [-0.2, 0) is 10.7 Å². The van der Waals surface area contributed by atoms with Crippen molar-refractivity contribution in [3.8, 4) is 0 Å². The van der Waals surface area contributed by atoms with Gasteiger partial charge in [0.1, 0.15) is 5.03 Å². The zero-order valence-electron chi connectivity index (χ0n) is 4.00. The quantitative estimate of drug-likeness (QED) is 0.526. The summed E-state index contributed by atoms with van der Waals surface area (Å²) >= 11 is 0. The first-order valence-electron chi connectivity index (χ1n) is 2.08. The van der Waals surface area contributed by atoms with Crippen molar-refractivity contribution >= 4 is 10.7 Å². The molecule has 0 amide bonds. The van der Waals surface area contributed by atoms with Gasteiger partial charge >= 0.3 is 0 Å². The zero-order chi connectivity index (χ0) is 5.98. The summed E-state index contributed by atoms with van der Waals surface area (Å²) in [7, 11) is -2.41. The molecule has 0 saturated heterocycles. The third-order valence-electron chi connectivity index (χ3n) is 0.778. The monoisotopic (exact) mass is 131 g/mol. The lowest BCUT2D eigenvalue weighted by atomic mass is 10.7. The van der Waals surface area contributed by atoms with Gasteiger partial charge in [-0.15, -0.1) is 0 Å². The van der Waals surface area contributed by atoms with Crippen LogP contribution >= 0.6 is 0 Å². The Hall–Kier alpha value is -0.770. The van der Waals surface area contributed by atoms with E-state index in [0.717, 1.165) is 0 Å². The molecule has 0 aromatic carbocycles. The molecule has 1 rings (SSSR count). The van der Waals surface area contributed by atoms with Gasteiger partial charge in [-0.3, -0.25) is 0 Å². The highest BCUT2D eigenvalue weighted by Gasteiger charge is 1.88. The van der Waals surface area contributed by atoms with E-state index in [0.29, 0.717) is 0 Å². The molecule has 0 atom stereocenters. The lowest BCUT2D eigenvalue weighted by Crippen LogP contribution is -1.75. The smallest absolute Gasteiger partial charge is 0.183 e. The third-order valence-corrected chi connectivity index (χ3v) is 1.45. The summed E-state index contributed by atoms with van der Waals surface area (Å²) < 4.78 is 20.1. The first kappa shape index (κ1) is 5.37. The van der Waals surface area contributed by atoms with Crippen LogP contribution in [0.25, 0.3) is 0 Å². The number of thiol groups is 1. The maximum atomic E-state index is 10.1. The predicted octanol–water partition coefficient (Wildman–Crippen LogP) is -0.0150. The lowest BCUT2D eigenvalue weighted by molar-refractivity contribution is 0.612. The van der Waals surface area contributed by atoms with Crippen LogP contribution in [0, 0.1) is 0 Å². The summed E-state index contributed by atoms with van der Waals surface area (Å²) in [4.78, 5) is 2.54. The topological polar surface area (TPSA) is 49.9 Å². The molecule has 1 heterocycles. The van der Waals surface area contributed by atoms with Crippen LogP contribution in [0.1, 0.15) is 0 Å². The van der Waals surface area contributed by atoms with Crippen molar-refractivity contribution in [3.05, 3.63) is 18.3 Å². The van der Waals surface area contributed by atoms with Crippen LogP contribution in [0.4, 0.5) is 0 Å². The molecule has 0 spiro atoms. The molecule has 0 fully saturated rings. The van der Waals surface area contributed by atoms with Crippen LogP contribution in [-0.4, -0.2) is 13.4 Å². The van der Waals surface area contributed by atoms with Gasteiger partial charge in [0.2, 0.25) is 0 Å². The molecule has 3 nitrogen and oxygen atoms in total. The minimum atomic E-state index is -2.41. The molecular formula is C4H5NO2S. The highest BCUT2D eigenvalue weighted by atomic mass is 32.2. The molecule has 44 valence electrons. The van der Waals surface area contributed by atoms with Gasteiger partial charge in [0.15, 0.2) is 10.7 Å². The van der Waals surface area contributed by atoms with E-state index in [-0.39, 0.29) is 5.03 Å². The van der Waals surface area contributed by atoms with Gasteiger partial charge in [-0.05, 0) is 12.1 Å². The van der Waals surface area contributed by atoms with Gasteiger partial charge in [0, 0.05) is 6.20 Å². The van der Waals surface area contributed by atoms with Gasteiger partial charge < -0.3 is 4.98 Å².